The molecule has 1 aliphatic rings. The molecule has 1 aromatic rings. The topological polar surface area (TPSA) is 41.6 Å². The van der Waals surface area contributed by atoms with Crippen LogP contribution in [0.3, 0.4) is 0 Å². The number of benzene rings is 1. The number of nitrogens with zero attached hydrogens (tertiary/aromatic N) is 1. The summed E-state index contributed by atoms with van der Waals surface area (Å²) >= 11 is 0. The fourth-order valence-corrected chi connectivity index (χ4v) is 2.37. The minimum absolute atomic E-state index is 0.0327. The predicted molar refractivity (Wildman–Crippen MR) is 70.2 cm³/mol. The molecule has 1 saturated heterocycles. The number of hydrogen-bond acceptors (Lipinski definition) is 4. The van der Waals surface area contributed by atoms with E-state index < -0.39 is 23.6 Å². The van der Waals surface area contributed by atoms with E-state index in [9.17, 15) is 13.6 Å². The van der Waals surface area contributed by atoms with Crippen molar-refractivity contribution in [3.63, 3.8) is 0 Å². The number of hydrogen-bond donors (Lipinski definition) is 1. The first-order valence-electron chi connectivity index (χ1n) is 6.70. The first-order chi connectivity index (χ1) is 9.65. The van der Waals surface area contributed by atoms with Crippen LogP contribution in [-0.4, -0.2) is 43.7 Å². The fourth-order valence-electron chi connectivity index (χ4n) is 2.37. The minimum Gasteiger partial charge on any atom is -0.465 e. The van der Waals surface area contributed by atoms with Crippen molar-refractivity contribution in [2.45, 2.75) is 13.0 Å². The summed E-state index contributed by atoms with van der Waals surface area (Å²) in [5, 5.41) is 3.16. The molecule has 1 aromatic carbocycles. The number of piperazine rings is 1. The van der Waals surface area contributed by atoms with Gasteiger partial charge in [0, 0.05) is 31.7 Å². The molecule has 0 radical (unpaired) electrons. The molecule has 20 heavy (non-hydrogen) atoms. The Hall–Kier alpha value is -1.53. The summed E-state index contributed by atoms with van der Waals surface area (Å²) in [4.78, 5) is 13.9. The molecule has 0 spiro atoms. The second kappa shape index (κ2) is 6.76. The summed E-state index contributed by atoms with van der Waals surface area (Å²) in [7, 11) is 0. The Kier molecular flexibility index (Phi) is 5.03. The fraction of sp³-hybridized carbons (Fsp3) is 0.500. The van der Waals surface area contributed by atoms with Gasteiger partial charge >= 0.3 is 5.97 Å². The van der Waals surface area contributed by atoms with Gasteiger partial charge in [-0.1, -0.05) is 12.1 Å². The van der Waals surface area contributed by atoms with Crippen LogP contribution in [-0.2, 0) is 9.53 Å². The largest absolute Gasteiger partial charge is 0.465 e. The molecule has 1 aliphatic heterocycles. The summed E-state index contributed by atoms with van der Waals surface area (Å²) in [6, 6.07) is 2.98. The van der Waals surface area contributed by atoms with Crippen molar-refractivity contribution in [1.29, 1.82) is 0 Å². The second-order valence-electron chi connectivity index (χ2n) is 4.58. The number of esters is 1. The molecule has 0 bridgehead atoms. The summed E-state index contributed by atoms with van der Waals surface area (Å²) in [5.41, 5.74) is 0.0327. The predicted octanol–water partition coefficient (Wildman–Crippen LogP) is 1.47. The van der Waals surface area contributed by atoms with Gasteiger partial charge in [0.2, 0.25) is 0 Å². The van der Waals surface area contributed by atoms with E-state index in [1.54, 1.807) is 6.92 Å². The van der Waals surface area contributed by atoms with Crippen molar-refractivity contribution >= 4 is 5.97 Å². The van der Waals surface area contributed by atoms with Gasteiger partial charge in [-0.05, 0) is 13.0 Å². The maximum absolute atomic E-state index is 14.0. The van der Waals surface area contributed by atoms with Crippen LogP contribution in [0.5, 0.6) is 0 Å². The SMILES string of the molecule is CCOC(=O)C(c1cccc(F)c1F)N1CCNCC1. The van der Waals surface area contributed by atoms with E-state index >= 15 is 0 Å². The van der Waals surface area contributed by atoms with Crippen LogP contribution in [0.2, 0.25) is 0 Å². The highest BCUT2D eigenvalue weighted by Crippen LogP contribution is 2.26. The monoisotopic (exact) mass is 284 g/mol. The number of carbonyl (C=O) groups is 1. The highest BCUT2D eigenvalue weighted by molar-refractivity contribution is 5.77. The van der Waals surface area contributed by atoms with E-state index in [1.165, 1.54) is 12.1 Å². The van der Waals surface area contributed by atoms with Crippen LogP contribution in [0, 0.1) is 11.6 Å². The first-order valence-corrected chi connectivity index (χ1v) is 6.70. The molecule has 6 heteroatoms. The Balaban J connectivity index is 2.34. The molecule has 1 N–H and O–H groups in total. The van der Waals surface area contributed by atoms with Crippen molar-refractivity contribution in [2.24, 2.45) is 0 Å². The number of carbonyl (C=O) groups excluding carboxylic acids is 1. The third kappa shape index (κ3) is 3.13. The molecule has 0 saturated carbocycles. The maximum atomic E-state index is 14.0. The number of rotatable bonds is 4. The van der Waals surface area contributed by atoms with Crippen molar-refractivity contribution < 1.29 is 18.3 Å². The van der Waals surface area contributed by atoms with Crippen LogP contribution in [0.4, 0.5) is 8.78 Å². The van der Waals surface area contributed by atoms with E-state index in [4.69, 9.17) is 4.74 Å². The quantitative estimate of drug-likeness (QED) is 0.850. The number of halogens is 2. The molecular weight excluding hydrogens is 266 g/mol. The first kappa shape index (κ1) is 14.9. The smallest absolute Gasteiger partial charge is 0.328 e. The molecule has 4 nitrogen and oxygen atoms in total. The van der Waals surface area contributed by atoms with E-state index in [2.05, 4.69) is 5.32 Å². The highest BCUT2D eigenvalue weighted by atomic mass is 19.2. The molecule has 1 unspecified atom stereocenters. The Morgan fingerprint density at radius 2 is 2.10 bits per heavy atom. The minimum atomic E-state index is -0.982. The zero-order chi connectivity index (χ0) is 14.5. The summed E-state index contributed by atoms with van der Waals surface area (Å²) in [6.45, 7) is 4.46. The van der Waals surface area contributed by atoms with Gasteiger partial charge in [-0.15, -0.1) is 0 Å². The third-order valence-corrected chi connectivity index (χ3v) is 3.30. The van der Waals surface area contributed by atoms with Gasteiger partial charge in [0.05, 0.1) is 6.61 Å². The van der Waals surface area contributed by atoms with Crippen LogP contribution < -0.4 is 5.32 Å². The molecule has 0 aromatic heterocycles. The Morgan fingerprint density at radius 3 is 2.75 bits per heavy atom. The normalized spacial score (nSPS) is 17.8. The molecule has 2 rings (SSSR count). The second-order valence-corrected chi connectivity index (χ2v) is 4.58. The van der Waals surface area contributed by atoms with Crippen LogP contribution in [0.25, 0.3) is 0 Å². The van der Waals surface area contributed by atoms with Crippen LogP contribution in [0.15, 0.2) is 18.2 Å². The van der Waals surface area contributed by atoms with Crippen molar-refractivity contribution in [1.82, 2.24) is 10.2 Å². The summed E-state index contributed by atoms with van der Waals surface area (Å²) in [6.07, 6.45) is 0. The van der Waals surface area contributed by atoms with Gasteiger partial charge in [-0.2, -0.15) is 0 Å². The molecule has 1 atom stereocenters. The van der Waals surface area contributed by atoms with E-state index in [-0.39, 0.29) is 12.2 Å². The Labute approximate surface area is 116 Å². The van der Waals surface area contributed by atoms with Gasteiger partial charge in [-0.25, -0.2) is 13.6 Å². The standard InChI is InChI=1S/C14H18F2N2O2/c1-2-20-14(19)13(18-8-6-17-7-9-18)10-4-3-5-11(15)12(10)16/h3-5,13,17H,2,6-9H2,1H3. The van der Waals surface area contributed by atoms with Gasteiger partial charge in [0.25, 0.3) is 0 Å². The lowest BCUT2D eigenvalue weighted by atomic mass is 10.0. The highest BCUT2D eigenvalue weighted by Gasteiger charge is 2.32. The number of nitrogens with one attached hydrogen (secondary N) is 1. The molecular formula is C14H18F2N2O2. The lowest BCUT2D eigenvalue weighted by Crippen LogP contribution is -2.47. The van der Waals surface area contributed by atoms with Gasteiger partial charge < -0.3 is 10.1 Å². The van der Waals surface area contributed by atoms with Gasteiger partial charge in [0.15, 0.2) is 11.6 Å². The van der Waals surface area contributed by atoms with Gasteiger partial charge in [-0.3, -0.25) is 4.90 Å². The Bertz CT molecular complexity index is 476. The summed E-state index contributed by atoms with van der Waals surface area (Å²) in [5.74, 6) is -2.48. The van der Waals surface area contributed by atoms with Crippen molar-refractivity contribution in [2.75, 3.05) is 32.8 Å². The average molecular weight is 284 g/mol. The number of ether oxygens (including phenoxy) is 1. The molecule has 1 heterocycles. The molecule has 1 fully saturated rings. The van der Waals surface area contributed by atoms with Crippen molar-refractivity contribution in [3.05, 3.63) is 35.4 Å². The van der Waals surface area contributed by atoms with Crippen LogP contribution in [0.1, 0.15) is 18.5 Å². The van der Waals surface area contributed by atoms with Crippen LogP contribution >= 0.6 is 0 Å². The lowest BCUT2D eigenvalue weighted by molar-refractivity contribution is -0.150. The van der Waals surface area contributed by atoms with E-state index in [1.807, 2.05) is 4.90 Å². The van der Waals surface area contributed by atoms with Crippen molar-refractivity contribution in [3.8, 4) is 0 Å². The molecule has 0 aliphatic carbocycles. The molecule has 110 valence electrons. The lowest BCUT2D eigenvalue weighted by Gasteiger charge is -2.33. The van der Waals surface area contributed by atoms with E-state index in [0.29, 0.717) is 26.2 Å². The maximum Gasteiger partial charge on any atom is 0.328 e. The third-order valence-electron chi connectivity index (χ3n) is 3.30. The Morgan fingerprint density at radius 1 is 1.40 bits per heavy atom. The average Bonchev–Trinajstić information content (AvgIpc) is 2.45. The summed E-state index contributed by atoms with van der Waals surface area (Å²) < 4.78 is 32.4. The zero-order valence-corrected chi connectivity index (χ0v) is 11.4. The molecule has 0 amide bonds. The zero-order valence-electron chi connectivity index (χ0n) is 11.4. The van der Waals surface area contributed by atoms with E-state index in [0.717, 1.165) is 6.07 Å². The van der Waals surface area contributed by atoms with Gasteiger partial charge in [0.1, 0.15) is 6.04 Å².